The number of likely N-dealkylation sites (N-methyl/N-ethyl adjacent to an activating group) is 1. The van der Waals surface area contributed by atoms with Crippen molar-refractivity contribution in [3.63, 3.8) is 0 Å². The van der Waals surface area contributed by atoms with Crippen molar-refractivity contribution >= 4 is 11.6 Å². The Morgan fingerprint density at radius 1 is 1.24 bits per heavy atom. The average molecular weight is 400 g/mol. The van der Waals surface area contributed by atoms with Crippen LogP contribution < -0.4 is 0 Å². The minimum absolute atomic E-state index is 0.0332. The molecule has 7 heteroatoms. The van der Waals surface area contributed by atoms with E-state index < -0.39 is 0 Å². The monoisotopic (exact) mass is 399 g/mol. The van der Waals surface area contributed by atoms with Crippen molar-refractivity contribution in [2.24, 2.45) is 0 Å². The maximum Gasteiger partial charge on any atom is 0.274 e. The average Bonchev–Trinajstić information content (AvgIpc) is 3.36. The highest BCUT2D eigenvalue weighted by Crippen LogP contribution is 2.23. The number of fused-ring (bicyclic) bond motifs is 1. The summed E-state index contributed by atoms with van der Waals surface area (Å²) >= 11 is 0. The van der Waals surface area contributed by atoms with Crippen molar-refractivity contribution in [1.82, 2.24) is 24.1 Å². The summed E-state index contributed by atoms with van der Waals surface area (Å²) in [4.78, 5) is 25.0. The van der Waals surface area contributed by atoms with Gasteiger partial charge in [-0.1, -0.05) is 19.9 Å². The van der Waals surface area contributed by atoms with Crippen LogP contribution in [0.25, 0.3) is 5.65 Å². The van der Waals surface area contributed by atoms with Gasteiger partial charge in [-0.3, -0.25) is 14.6 Å². The quantitative estimate of drug-likeness (QED) is 0.744. The van der Waals surface area contributed by atoms with Crippen molar-refractivity contribution in [3.8, 4) is 0 Å². The van der Waals surface area contributed by atoms with E-state index in [9.17, 15) is 4.79 Å². The summed E-state index contributed by atoms with van der Waals surface area (Å²) in [5, 5.41) is 0. The second-order valence-electron chi connectivity index (χ2n) is 8.10. The van der Waals surface area contributed by atoms with Crippen LogP contribution in [0.15, 0.2) is 18.3 Å². The van der Waals surface area contributed by atoms with Gasteiger partial charge in [-0.25, -0.2) is 4.98 Å². The van der Waals surface area contributed by atoms with Gasteiger partial charge in [-0.05, 0) is 38.1 Å². The fourth-order valence-electron chi connectivity index (χ4n) is 4.70. The van der Waals surface area contributed by atoms with Gasteiger partial charge in [0.2, 0.25) is 0 Å². The predicted molar refractivity (Wildman–Crippen MR) is 113 cm³/mol. The summed E-state index contributed by atoms with van der Waals surface area (Å²) in [6, 6.07) is 4.70. The minimum atomic E-state index is 0.0332. The van der Waals surface area contributed by atoms with Gasteiger partial charge >= 0.3 is 0 Å². The lowest BCUT2D eigenvalue weighted by Crippen LogP contribution is -2.41. The fraction of sp³-hybridized carbons (Fsp3) is 0.636. The standard InChI is InChI=1S/C22H33N5O2/c1-4-25(5-2)18-8-10-24(15-18)16-19-20(22(28)26-11-13-29-14-12-26)23-21-17(3)7-6-9-27(19)21/h6-7,9,18H,4-5,8,10-16H2,1-3H3/t18-/m1/s1. The zero-order valence-corrected chi connectivity index (χ0v) is 17.9. The molecule has 2 saturated heterocycles. The number of hydrogen-bond donors (Lipinski definition) is 0. The number of aromatic nitrogens is 2. The number of morpholine rings is 1. The number of ether oxygens (including phenoxy) is 1. The van der Waals surface area contributed by atoms with E-state index in [0.29, 0.717) is 38.0 Å². The highest BCUT2D eigenvalue weighted by atomic mass is 16.5. The van der Waals surface area contributed by atoms with E-state index in [1.165, 1.54) is 6.42 Å². The summed E-state index contributed by atoms with van der Waals surface area (Å²) in [6.45, 7) is 14.0. The first-order chi connectivity index (χ1) is 14.1. The van der Waals surface area contributed by atoms with Crippen LogP contribution in [-0.4, -0.2) is 88.5 Å². The molecule has 29 heavy (non-hydrogen) atoms. The molecule has 2 aliphatic rings. The van der Waals surface area contributed by atoms with Crippen molar-refractivity contribution in [1.29, 1.82) is 0 Å². The van der Waals surface area contributed by atoms with Gasteiger partial charge in [0, 0.05) is 45.0 Å². The number of pyridine rings is 1. The van der Waals surface area contributed by atoms with Gasteiger partial charge in [-0.2, -0.15) is 0 Å². The largest absolute Gasteiger partial charge is 0.378 e. The molecule has 0 radical (unpaired) electrons. The third-order valence-corrected chi connectivity index (χ3v) is 6.39. The van der Waals surface area contributed by atoms with E-state index in [1.807, 2.05) is 17.2 Å². The number of likely N-dealkylation sites (tertiary alicyclic amines) is 1. The first-order valence-electron chi connectivity index (χ1n) is 10.9. The molecule has 7 nitrogen and oxygen atoms in total. The Labute approximate surface area is 173 Å². The molecule has 0 aromatic carbocycles. The Kier molecular flexibility index (Phi) is 6.18. The molecule has 2 aromatic heterocycles. The maximum atomic E-state index is 13.3. The second-order valence-corrected chi connectivity index (χ2v) is 8.10. The lowest BCUT2D eigenvalue weighted by molar-refractivity contribution is 0.0298. The van der Waals surface area contributed by atoms with E-state index in [0.717, 1.165) is 49.6 Å². The zero-order chi connectivity index (χ0) is 20.4. The van der Waals surface area contributed by atoms with Crippen molar-refractivity contribution < 1.29 is 9.53 Å². The lowest BCUT2D eigenvalue weighted by atomic mass is 10.2. The summed E-state index contributed by atoms with van der Waals surface area (Å²) in [7, 11) is 0. The normalized spacial score (nSPS) is 20.8. The number of carbonyl (C=O) groups is 1. The molecule has 4 rings (SSSR count). The van der Waals surface area contributed by atoms with Crippen LogP contribution in [-0.2, 0) is 11.3 Å². The summed E-state index contributed by atoms with van der Waals surface area (Å²) in [5.74, 6) is 0.0332. The Bertz CT molecular complexity index is 854. The van der Waals surface area contributed by atoms with Gasteiger partial charge in [0.1, 0.15) is 5.65 Å². The molecule has 0 spiro atoms. The second kappa shape index (κ2) is 8.81. The summed E-state index contributed by atoms with van der Waals surface area (Å²) < 4.78 is 7.54. The van der Waals surface area contributed by atoms with Crippen LogP contribution in [0.1, 0.15) is 42.0 Å². The van der Waals surface area contributed by atoms with E-state index in [1.54, 1.807) is 0 Å². The fourth-order valence-corrected chi connectivity index (χ4v) is 4.70. The van der Waals surface area contributed by atoms with Crippen LogP contribution in [0.2, 0.25) is 0 Å². The van der Waals surface area contributed by atoms with Crippen LogP contribution >= 0.6 is 0 Å². The van der Waals surface area contributed by atoms with Gasteiger partial charge in [0.05, 0.1) is 18.9 Å². The Morgan fingerprint density at radius 2 is 2.00 bits per heavy atom. The van der Waals surface area contributed by atoms with Crippen molar-refractivity contribution in [2.45, 2.75) is 39.8 Å². The summed E-state index contributed by atoms with van der Waals surface area (Å²) in [6.07, 6.45) is 3.23. The molecule has 2 aliphatic heterocycles. The lowest BCUT2D eigenvalue weighted by Gasteiger charge is -2.27. The number of nitrogens with zero attached hydrogens (tertiary/aromatic N) is 5. The SMILES string of the molecule is CCN(CC)[C@@H]1CCN(Cc2c(C(=O)N3CCOCC3)nc3c(C)cccn23)C1. The predicted octanol–water partition coefficient (Wildman–Crippen LogP) is 2.03. The smallest absolute Gasteiger partial charge is 0.274 e. The molecule has 0 unspecified atom stereocenters. The molecule has 0 N–H and O–H groups in total. The van der Waals surface area contributed by atoms with Gasteiger partial charge < -0.3 is 14.0 Å². The van der Waals surface area contributed by atoms with E-state index in [-0.39, 0.29) is 5.91 Å². The highest BCUT2D eigenvalue weighted by Gasteiger charge is 2.30. The van der Waals surface area contributed by atoms with Gasteiger partial charge in [0.25, 0.3) is 5.91 Å². The topological polar surface area (TPSA) is 53.3 Å². The Balaban J connectivity index is 1.62. The number of amides is 1. The number of aryl methyl sites for hydroxylation is 1. The van der Waals surface area contributed by atoms with Crippen molar-refractivity contribution in [2.75, 3.05) is 52.5 Å². The van der Waals surface area contributed by atoms with Crippen LogP contribution in [0.5, 0.6) is 0 Å². The van der Waals surface area contributed by atoms with Crippen LogP contribution in [0.3, 0.4) is 0 Å². The molecule has 2 aromatic rings. The molecule has 0 saturated carbocycles. The third kappa shape index (κ3) is 4.04. The molecule has 158 valence electrons. The van der Waals surface area contributed by atoms with Gasteiger partial charge in [0.15, 0.2) is 5.69 Å². The Hall–Kier alpha value is -1.96. The van der Waals surface area contributed by atoms with E-state index >= 15 is 0 Å². The molecule has 0 bridgehead atoms. The minimum Gasteiger partial charge on any atom is -0.378 e. The van der Waals surface area contributed by atoms with Crippen LogP contribution in [0.4, 0.5) is 0 Å². The number of rotatable bonds is 6. The molecule has 2 fully saturated rings. The molecular formula is C22H33N5O2. The van der Waals surface area contributed by atoms with Crippen LogP contribution in [0, 0.1) is 6.92 Å². The number of imidazole rings is 1. The molecule has 4 heterocycles. The summed E-state index contributed by atoms with van der Waals surface area (Å²) in [5.41, 5.74) is 3.60. The zero-order valence-electron chi connectivity index (χ0n) is 17.9. The number of carbonyl (C=O) groups excluding carboxylic acids is 1. The third-order valence-electron chi connectivity index (χ3n) is 6.39. The molecular weight excluding hydrogens is 366 g/mol. The van der Waals surface area contributed by atoms with Crippen molar-refractivity contribution in [3.05, 3.63) is 35.3 Å². The number of hydrogen-bond acceptors (Lipinski definition) is 5. The molecule has 0 aliphatic carbocycles. The van der Waals surface area contributed by atoms with E-state index in [2.05, 4.69) is 41.0 Å². The molecule has 1 atom stereocenters. The maximum absolute atomic E-state index is 13.3. The Morgan fingerprint density at radius 3 is 2.72 bits per heavy atom. The highest BCUT2D eigenvalue weighted by molar-refractivity contribution is 5.94. The van der Waals surface area contributed by atoms with Gasteiger partial charge in [-0.15, -0.1) is 0 Å². The molecule has 1 amide bonds. The van der Waals surface area contributed by atoms with E-state index in [4.69, 9.17) is 9.72 Å². The first-order valence-corrected chi connectivity index (χ1v) is 10.9. The first kappa shape index (κ1) is 20.3.